The summed E-state index contributed by atoms with van der Waals surface area (Å²) in [5.41, 5.74) is 3.83. The number of nitrogens with zero attached hydrogens (tertiary/aromatic N) is 2. The minimum absolute atomic E-state index is 0.0297. The molecule has 25 heavy (non-hydrogen) atoms. The highest BCUT2D eigenvalue weighted by Crippen LogP contribution is 2.44. The maximum atomic E-state index is 12.3. The number of aromatic nitrogens is 2. The van der Waals surface area contributed by atoms with E-state index in [9.17, 15) is 4.79 Å². The summed E-state index contributed by atoms with van der Waals surface area (Å²) in [4.78, 5) is 12.3. The first-order chi connectivity index (χ1) is 12.1. The van der Waals surface area contributed by atoms with E-state index in [0.717, 1.165) is 22.5 Å². The number of carbonyl (C=O) groups excluding carboxylic acids is 1. The van der Waals surface area contributed by atoms with Crippen LogP contribution in [-0.4, -0.2) is 21.4 Å². The molecule has 0 radical (unpaired) electrons. The summed E-state index contributed by atoms with van der Waals surface area (Å²) in [6.45, 7) is 1.97. The summed E-state index contributed by atoms with van der Waals surface area (Å²) < 4.78 is 1.74. The van der Waals surface area contributed by atoms with Crippen molar-refractivity contribution in [3.63, 3.8) is 0 Å². The summed E-state index contributed by atoms with van der Waals surface area (Å²) in [7, 11) is 0. The Labute approximate surface area is 155 Å². The second-order valence-electron chi connectivity index (χ2n) is 5.86. The van der Waals surface area contributed by atoms with Crippen LogP contribution in [0.5, 0.6) is 0 Å². The van der Waals surface area contributed by atoms with Crippen LogP contribution in [0.15, 0.2) is 54.6 Å². The second-order valence-corrected chi connectivity index (χ2v) is 7.36. The van der Waals surface area contributed by atoms with Gasteiger partial charge in [0.15, 0.2) is 0 Å². The molecular formula is C19H16ClN3OS. The number of hydrogen-bond donors (Lipinski definition) is 1. The van der Waals surface area contributed by atoms with E-state index in [0.29, 0.717) is 16.6 Å². The summed E-state index contributed by atoms with van der Waals surface area (Å²) in [5.74, 6) is 1.07. The topological polar surface area (TPSA) is 46.9 Å². The van der Waals surface area contributed by atoms with Crippen molar-refractivity contribution < 1.29 is 4.79 Å². The number of carbonyl (C=O) groups is 1. The molecule has 1 N–H and O–H groups in total. The fourth-order valence-corrected chi connectivity index (χ4v) is 4.48. The van der Waals surface area contributed by atoms with Crippen LogP contribution >= 0.6 is 23.4 Å². The Morgan fingerprint density at radius 2 is 1.88 bits per heavy atom. The van der Waals surface area contributed by atoms with E-state index in [1.807, 2.05) is 49.4 Å². The molecule has 0 aliphatic carbocycles. The molecule has 0 spiro atoms. The Morgan fingerprint density at radius 1 is 1.16 bits per heavy atom. The number of rotatable bonds is 2. The zero-order chi connectivity index (χ0) is 17.4. The summed E-state index contributed by atoms with van der Waals surface area (Å²) in [6.07, 6.45) is 0. The molecule has 1 aliphatic heterocycles. The lowest BCUT2D eigenvalue weighted by atomic mass is 10.0. The predicted molar refractivity (Wildman–Crippen MR) is 103 cm³/mol. The first-order valence-corrected chi connectivity index (χ1v) is 9.38. The number of fused-ring (bicyclic) bond motifs is 1. The molecule has 2 heterocycles. The molecule has 2 aromatic carbocycles. The molecule has 0 bridgehead atoms. The van der Waals surface area contributed by atoms with E-state index in [1.165, 1.54) is 0 Å². The largest absolute Gasteiger partial charge is 0.310 e. The molecule has 1 atom stereocenters. The standard InChI is InChI=1S/C19H16ClN3OS/c1-12-17-18(13-7-3-2-4-8-13)25-11-16(24)21-19(17)23(22-12)15-10-6-5-9-14(15)20/h2-10,18H,11H2,1H3,(H,21,24)/t18-/m0/s1. The van der Waals surface area contributed by atoms with Crippen molar-refractivity contribution in [2.24, 2.45) is 0 Å². The van der Waals surface area contributed by atoms with E-state index in [1.54, 1.807) is 16.4 Å². The number of amides is 1. The van der Waals surface area contributed by atoms with E-state index in [2.05, 4.69) is 22.5 Å². The number of halogens is 1. The van der Waals surface area contributed by atoms with Crippen LogP contribution in [0, 0.1) is 6.92 Å². The van der Waals surface area contributed by atoms with Crippen LogP contribution < -0.4 is 5.32 Å². The van der Waals surface area contributed by atoms with Gasteiger partial charge in [0.2, 0.25) is 5.91 Å². The van der Waals surface area contributed by atoms with E-state index in [-0.39, 0.29) is 11.2 Å². The van der Waals surface area contributed by atoms with Gasteiger partial charge in [-0.15, -0.1) is 11.8 Å². The number of aryl methyl sites for hydroxylation is 1. The van der Waals surface area contributed by atoms with Crippen LogP contribution in [-0.2, 0) is 4.79 Å². The summed E-state index contributed by atoms with van der Waals surface area (Å²) >= 11 is 7.98. The van der Waals surface area contributed by atoms with E-state index < -0.39 is 0 Å². The predicted octanol–water partition coefficient (Wildman–Crippen LogP) is 4.61. The molecule has 4 rings (SSSR count). The smallest absolute Gasteiger partial charge is 0.235 e. The molecule has 0 saturated heterocycles. The van der Waals surface area contributed by atoms with Crippen molar-refractivity contribution in [3.8, 4) is 5.69 Å². The van der Waals surface area contributed by atoms with Gasteiger partial charge in [-0.2, -0.15) is 5.10 Å². The third-order valence-corrected chi connectivity index (χ3v) is 5.78. The minimum Gasteiger partial charge on any atom is -0.310 e. The van der Waals surface area contributed by atoms with Crippen LogP contribution in [0.2, 0.25) is 5.02 Å². The average Bonchev–Trinajstić information content (AvgIpc) is 2.82. The lowest BCUT2D eigenvalue weighted by Gasteiger charge is -2.15. The summed E-state index contributed by atoms with van der Waals surface area (Å²) in [6, 6.07) is 17.7. The molecule has 6 heteroatoms. The zero-order valence-electron chi connectivity index (χ0n) is 13.6. The lowest BCUT2D eigenvalue weighted by molar-refractivity contribution is -0.113. The van der Waals surface area contributed by atoms with Crippen molar-refractivity contribution in [3.05, 3.63) is 76.4 Å². The van der Waals surface area contributed by atoms with Crippen LogP contribution in [0.3, 0.4) is 0 Å². The van der Waals surface area contributed by atoms with Gasteiger partial charge in [-0.25, -0.2) is 4.68 Å². The Kier molecular flexibility index (Phi) is 4.27. The van der Waals surface area contributed by atoms with Crippen molar-refractivity contribution in [1.29, 1.82) is 0 Å². The molecule has 126 valence electrons. The normalized spacial score (nSPS) is 16.9. The highest BCUT2D eigenvalue weighted by molar-refractivity contribution is 8.00. The Balaban J connectivity index is 1.93. The molecule has 4 nitrogen and oxygen atoms in total. The van der Waals surface area contributed by atoms with E-state index >= 15 is 0 Å². The van der Waals surface area contributed by atoms with Gasteiger partial charge in [0, 0.05) is 5.56 Å². The Morgan fingerprint density at radius 3 is 2.64 bits per heavy atom. The monoisotopic (exact) mass is 369 g/mol. The first kappa shape index (κ1) is 16.2. The highest BCUT2D eigenvalue weighted by Gasteiger charge is 2.30. The summed E-state index contributed by atoms with van der Waals surface area (Å²) in [5, 5.41) is 8.34. The van der Waals surface area contributed by atoms with Gasteiger partial charge in [0.25, 0.3) is 0 Å². The number of thioether (sulfide) groups is 1. The molecule has 3 aromatic rings. The second kappa shape index (κ2) is 6.58. The van der Waals surface area contributed by atoms with Crippen molar-refractivity contribution in [1.82, 2.24) is 9.78 Å². The van der Waals surface area contributed by atoms with Gasteiger partial charge in [-0.05, 0) is 24.6 Å². The SMILES string of the molecule is Cc1nn(-c2ccccc2Cl)c2c1[C@H](c1ccccc1)SCC(=O)N2. The van der Waals surface area contributed by atoms with Crippen molar-refractivity contribution in [2.45, 2.75) is 12.2 Å². The minimum atomic E-state index is -0.0297. The van der Waals surface area contributed by atoms with Gasteiger partial charge in [0.05, 0.1) is 27.4 Å². The Hall–Kier alpha value is -2.24. The lowest BCUT2D eigenvalue weighted by Crippen LogP contribution is -2.16. The number of benzene rings is 2. The molecule has 1 aliphatic rings. The quantitative estimate of drug-likeness (QED) is 0.717. The van der Waals surface area contributed by atoms with Gasteiger partial charge in [0.1, 0.15) is 5.82 Å². The third kappa shape index (κ3) is 2.94. The first-order valence-electron chi connectivity index (χ1n) is 7.96. The molecular weight excluding hydrogens is 354 g/mol. The molecule has 0 fully saturated rings. The van der Waals surface area contributed by atoms with E-state index in [4.69, 9.17) is 11.6 Å². The molecule has 0 unspecified atom stereocenters. The van der Waals surface area contributed by atoms with Gasteiger partial charge in [-0.3, -0.25) is 4.79 Å². The maximum absolute atomic E-state index is 12.3. The molecule has 1 amide bonds. The molecule has 0 saturated carbocycles. The highest BCUT2D eigenvalue weighted by atomic mass is 35.5. The average molecular weight is 370 g/mol. The van der Waals surface area contributed by atoms with Crippen LogP contribution in [0.4, 0.5) is 5.82 Å². The number of anilines is 1. The fourth-order valence-electron chi connectivity index (χ4n) is 3.07. The van der Waals surface area contributed by atoms with Gasteiger partial charge >= 0.3 is 0 Å². The van der Waals surface area contributed by atoms with Gasteiger partial charge < -0.3 is 5.32 Å². The van der Waals surface area contributed by atoms with Gasteiger partial charge in [-0.1, -0.05) is 54.1 Å². The van der Waals surface area contributed by atoms with Crippen LogP contribution in [0.1, 0.15) is 22.1 Å². The molecule has 1 aromatic heterocycles. The zero-order valence-corrected chi connectivity index (χ0v) is 15.1. The number of para-hydroxylation sites is 1. The third-order valence-electron chi connectivity index (χ3n) is 4.19. The van der Waals surface area contributed by atoms with Crippen molar-refractivity contribution >= 4 is 35.1 Å². The fraction of sp³-hybridized carbons (Fsp3) is 0.158. The van der Waals surface area contributed by atoms with Crippen LogP contribution in [0.25, 0.3) is 5.69 Å². The Bertz CT molecular complexity index is 939. The van der Waals surface area contributed by atoms with Crippen molar-refractivity contribution in [2.75, 3.05) is 11.1 Å². The maximum Gasteiger partial charge on any atom is 0.235 e. The number of nitrogens with one attached hydrogen (secondary N) is 1. The number of hydrogen-bond acceptors (Lipinski definition) is 3.